The first kappa shape index (κ1) is 24.5. The first-order chi connectivity index (χ1) is 16.7. The van der Waals surface area contributed by atoms with E-state index in [1.807, 2.05) is 6.92 Å². The van der Waals surface area contributed by atoms with Crippen LogP contribution in [0, 0.1) is 6.92 Å². The van der Waals surface area contributed by atoms with Gasteiger partial charge in [0.05, 0.1) is 8.95 Å². The SMILES string of the molecule is Cc1ccc(S(=O)(=O)Oc2c(Br)cc(C3C4=C(CCCC4=O)NC4=C3C(=O)CCC4)cc2Br)cc1. The Hall–Kier alpha value is -2.23. The molecule has 2 aromatic rings. The number of rotatable bonds is 4. The number of hydrogen-bond donors (Lipinski definition) is 1. The highest BCUT2D eigenvalue weighted by atomic mass is 79.9. The summed E-state index contributed by atoms with van der Waals surface area (Å²) in [6.07, 6.45) is 4.00. The van der Waals surface area contributed by atoms with Crippen molar-refractivity contribution in [2.75, 3.05) is 0 Å². The van der Waals surface area contributed by atoms with Crippen molar-refractivity contribution < 1.29 is 22.2 Å². The summed E-state index contributed by atoms with van der Waals surface area (Å²) in [5, 5.41) is 3.40. The van der Waals surface area contributed by atoms with Crippen LogP contribution in [0.4, 0.5) is 0 Å². The summed E-state index contributed by atoms with van der Waals surface area (Å²) in [5.74, 6) is -0.291. The fraction of sp³-hybridized carbons (Fsp3) is 0.308. The zero-order chi connectivity index (χ0) is 24.9. The molecule has 3 aliphatic rings. The van der Waals surface area contributed by atoms with Gasteiger partial charge < -0.3 is 9.50 Å². The summed E-state index contributed by atoms with van der Waals surface area (Å²) in [6.45, 7) is 1.87. The van der Waals surface area contributed by atoms with Gasteiger partial charge in [0.2, 0.25) is 0 Å². The van der Waals surface area contributed by atoms with Crippen LogP contribution >= 0.6 is 31.9 Å². The lowest BCUT2D eigenvalue weighted by Crippen LogP contribution is -2.36. The van der Waals surface area contributed by atoms with Crippen molar-refractivity contribution in [1.82, 2.24) is 5.32 Å². The highest BCUT2D eigenvalue weighted by Crippen LogP contribution is 2.48. The maximum absolute atomic E-state index is 13.0. The van der Waals surface area contributed by atoms with Gasteiger partial charge in [-0.2, -0.15) is 8.42 Å². The Morgan fingerprint density at radius 3 is 1.89 bits per heavy atom. The zero-order valence-corrected chi connectivity index (χ0v) is 23.0. The van der Waals surface area contributed by atoms with Gasteiger partial charge in [0.25, 0.3) is 0 Å². The van der Waals surface area contributed by atoms with E-state index in [2.05, 4.69) is 37.2 Å². The van der Waals surface area contributed by atoms with E-state index in [9.17, 15) is 18.0 Å². The van der Waals surface area contributed by atoms with E-state index in [-0.39, 0.29) is 22.2 Å². The van der Waals surface area contributed by atoms with Crippen molar-refractivity contribution in [3.8, 4) is 5.75 Å². The molecule has 1 heterocycles. The molecule has 0 bridgehead atoms. The van der Waals surface area contributed by atoms with E-state index in [0.717, 1.165) is 48.2 Å². The van der Waals surface area contributed by atoms with Crippen LogP contribution in [-0.4, -0.2) is 20.0 Å². The van der Waals surface area contributed by atoms with Gasteiger partial charge in [-0.1, -0.05) is 17.7 Å². The van der Waals surface area contributed by atoms with Crippen LogP contribution in [0.3, 0.4) is 0 Å². The van der Waals surface area contributed by atoms with E-state index in [0.29, 0.717) is 32.9 Å². The topological polar surface area (TPSA) is 89.5 Å². The quantitative estimate of drug-likeness (QED) is 0.423. The second-order valence-corrected chi connectivity index (χ2v) is 12.3. The third kappa shape index (κ3) is 4.54. The number of benzene rings is 2. The maximum Gasteiger partial charge on any atom is 0.339 e. The largest absolute Gasteiger partial charge is 0.377 e. The molecule has 1 aliphatic heterocycles. The molecule has 0 aromatic heterocycles. The zero-order valence-electron chi connectivity index (χ0n) is 19.0. The normalized spacial score (nSPS) is 18.8. The number of hydrogen-bond acceptors (Lipinski definition) is 6. The average molecular weight is 621 g/mol. The van der Waals surface area contributed by atoms with Crippen LogP contribution in [0.25, 0.3) is 0 Å². The van der Waals surface area contributed by atoms with Gasteiger partial charge in [0.1, 0.15) is 4.90 Å². The molecule has 0 spiro atoms. The fourth-order valence-corrected chi connectivity index (χ4v) is 7.57. The number of halogens is 2. The Morgan fingerprint density at radius 1 is 0.857 bits per heavy atom. The molecule has 5 rings (SSSR count). The van der Waals surface area contributed by atoms with Gasteiger partial charge in [-0.25, -0.2) is 0 Å². The van der Waals surface area contributed by atoms with Gasteiger partial charge in [-0.3, -0.25) is 9.59 Å². The van der Waals surface area contributed by atoms with Crippen LogP contribution in [0.2, 0.25) is 0 Å². The molecular formula is C26H23Br2NO5S. The Morgan fingerprint density at radius 2 is 1.37 bits per heavy atom. The number of Topliss-reactive ketones (excluding diaryl/α,β-unsaturated/α-hetero) is 2. The molecule has 0 saturated heterocycles. The minimum absolute atomic E-state index is 0.0446. The average Bonchev–Trinajstić information content (AvgIpc) is 2.81. The molecule has 0 saturated carbocycles. The van der Waals surface area contributed by atoms with Gasteiger partial charge >= 0.3 is 10.1 Å². The molecule has 2 aromatic carbocycles. The Bertz CT molecular complexity index is 1360. The molecule has 1 N–H and O–H groups in total. The number of carbonyl (C=O) groups is 2. The molecule has 182 valence electrons. The fourth-order valence-electron chi connectivity index (χ4n) is 5.01. The van der Waals surface area contributed by atoms with Crippen LogP contribution in [0.15, 0.2) is 72.8 Å². The number of carbonyl (C=O) groups excluding carboxylic acids is 2. The number of aryl methyl sites for hydroxylation is 1. The van der Waals surface area contributed by atoms with Crippen molar-refractivity contribution in [1.29, 1.82) is 0 Å². The lowest BCUT2D eigenvalue weighted by atomic mass is 9.71. The van der Waals surface area contributed by atoms with Crippen molar-refractivity contribution >= 4 is 53.5 Å². The van der Waals surface area contributed by atoms with E-state index >= 15 is 0 Å². The van der Waals surface area contributed by atoms with E-state index < -0.39 is 16.0 Å². The second-order valence-electron chi connectivity index (χ2n) is 9.06. The van der Waals surface area contributed by atoms with Gasteiger partial charge in [-0.05, 0) is 94.3 Å². The molecule has 6 nitrogen and oxygen atoms in total. The summed E-state index contributed by atoms with van der Waals surface area (Å²) in [7, 11) is -4.07. The first-order valence-electron chi connectivity index (χ1n) is 11.5. The van der Waals surface area contributed by atoms with Crippen LogP contribution in [0.5, 0.6) is 5.75 Å². The predicted molar refractivity (Wildman–Crippen MR) is 138 cm³/mol. The molecule has 9 heteroatoms. The molecule has 0 atom stereocenters. The summed E-state index contributed by atoms with van der Waals surface area (Å²) in [6, 6.07) is 9.92. The van der Waals surface area contributed by atoms with Crippen molar-refractivity contribution in [2.45, 2.75) is 56.3 Å². The van der Waals surface area contributed by atoms with Crippen LogP contribution < -0.4 is 9.50 Å². The van der Waals surface area contributed by atoms with Crippen molar-refractivity contribution in [3.05, 3.63) is 79.0 Å². The minimum atomic E-state index is -4.07. The second kappa shape index (κ2) is 9.33. The summed E-state index contributed by atoms with van der Waals surface area (Å²) in [5.41, 5.74) is 4.75. The third-order valence-corrected chi connectivity index (χ3v) is 9.06. The highest BCUT2D eigenvalue weighted by Gasteiger charge is 2.40. The third-order valence-electron chi connectivity index (χ3n) is 6.65. The molecule has 0 unspecified atom stereocenters. The molecule has 2 aliphatic carbocycles. The smallest absolute Gasteiger partial charge is 0.339 e. The monoisotopic (exact) mass is 619 g/mol. The molecule has 0 amide bonds. The van der Waals surface area contributed by atoms with Crippen LogP contribution in [0.1, 0.15) is 55.6 Å². The van der Waals surface area contributed by atoms with E-state index in [1.54, 1.807) is 24.3 Å². The minimum Gasteiger partial charge on any atom is -0.377 e. The van der Waals surface area contributed by atoms with Gasteiger partial charge in [0.15, 0.2) is 17.3 Å². The Balaban J connectivity index is 1.58. The Kier molecular flexibility index (Phi) is 6.52. The van der Waals surface area contributed by atoms with Gasteiger partial charge in [0, 0.05) is 41.3 Å². The number of nitrogens with one attached hydrogen (secondary N) is 1. The maximum atomic E-state index is 13.0. The Labute approximate surface area is 221 Å². The summed E-state index contributed by atoms with van der Waals surface area (Å²) in [4.78, 5) is 26.1. The predicted octanol–water partition coefficient (Wildman–Crippen LogP) is 5.99. The summed E-state index contributed by atoms with van der Waals surface area (Å²) >= 11 is 6.94. The molecular weight excluding hydrogens is 598 g/mol. The molecule has 0 radical (unpaired) electrons. The van der Waals surface area contributed by atoms with E-state index in [1.165, 1.54) is 12.1 Å². The molecule has 35 heavy (non-hydrogen) atoms. The number of allylic oxidation sites excluding steroid dienone is 4. The first-order valence-corrected chi connectivity index (χ1v) is 14.4. The summed E-state index contributed by atoms with van der Waals surface area (Å²) < 4.78 is 32.1. The van der Waals surface area contributed by atoms with Crippen molar-refractivity contribution in [2.24, 2.45) is 0 Å². The standard InChI is InChI=1S/C26H23Br2NO5S/c1-14-8-10-16(11-9-14)35(32,33)34-26-17(27)12-15(13-18(26)28)23-24-19(4-2-6-21(24)30)29-20-5-3-7-22(31)25(20)23/h8-13,23,29H,2-7H2,1H3. The number of ketones is 2. The van der Waals surface area contributed by atoms with Crippen molar-refractivity contribution in [3.63, 3.8) is 0 Å². The lowest BCUT2D eigenvalue weighted by molar-refractivity contribution is -0.117. The van der Waals surface area contributed by atoms with Crippen LogP contribution in [-0.2, 0) is 19.7 Å². The number of dihydropyridines is 1. The molecule has 0 fully saturated rings. The highest BCUT2D eigenvalue weighted by molar-refractivity contribution is 9.11. The van der Waals surface area contributed by atoms with E-state index in [4.69, 9.17) is 4.18 Å². The lowest BCUT2D eigenvalue weighted by Gasteiger charge is -2.37. The van der Waals surface area contributed by atoms with Gasteiger partial charge in [-0.15, -0.1) is 0 Å².